The van der Waals surface area contributed by atoms with E-state index in [0.29, 0.717) is 6.42 Å². The van der Waals surface area contributed by atoms with Crippen molar-refractivity contribution >= 4 is 17.5 Å². The lowest BCUT2D eigenvalue weighted by molar-refractivity contribution is -0.125. The summed E-state index contributed by atoms with van der Waals surface area (Å²) in [6, 6.07) is 13.0. The number of carbonyl (C=O) groups is 2. The lowest BCUT2D eigenvalue weighted by atomic mass is 10.1. The van der Waals surface area contributed by atoms with Crippen LogP contribution in [0.5, 0.6) is 0 Å². The van der Waals surface area contributed by atoms with Crippen molar-refractivity contribution in [2.75, 3.05) is 12.0 Å². The predicted octanol–water partition coefficient (Wildman–Crippen LogP) is 3.55. The number of amides is 2. The van der Waals surface area contributed by atoms with Gasteiger partial charge in [-0.25, -0.2) is 8.78 Å². The molecular weight excluding hydrogens is 338 g/mol. The number of nitrogens with one attached hydrogen (secondary N) is 2. The minimum Gasteiger partial charge on any atom is -0.350 e. The van der Waals surface area contributed by atoms with E-state index in [-0.39, 0.29) is 18.5 Å². The number of aryl methyl sites for hydroxylation is 1. The highest BCUT2D eigenvalue weighted by Gasteiger charge is 2.15. The maximum Gasteiger partial charge on any atom is 0.224 e. The van der Waals surface area contributed by atoms with Crippen molar-refractivity contribution in [1.29, 1.82) is 0 Å². The second-order valence-corrected chi connectivity index (χ2v) is 6.14. The van der Waals surface area contributed by atoms with Crippen molar-refractivity contribution in [2.24, 2.45) is 0 Å². The third-order valence-corrected chi connectivity index (χ3v) is 3.85. The smallest absolute Gasteiger partial charge is 0.224 e. The number of anilines is 1. The number of hydrogen-bond donors (Lipinski definition) is 2. The van der Waals surface area contributed by atoms with Gasteiger partial charge in [0.15, 0.2) is 0 Å². The Morgan fingerprint density at radius 3 is 2.42 bits per heavy atom. The third-order valence-electron chi connectivity index (χ3n) is 3.85. The average molecular weight is 360 g/mol. The summed E-state index contributed by atoms with van der Waals surface area (Å²) in [7, 11) is 0. The first-order valence-electron chi connectivity index (χ1n) is 8.43. The molecule has 0 saturated heterocycles. The summed E-state index contributed by atoms with van der Waals surface area (Å²) in [6.45, 7) is 1.09. The maximum absolute atomic E-state index is 13.6. The molecule has 0 fully saturated rings. The minimum absolute atomic E-state index is 0.0844. The van der Waals surface area contributed by atoms with Crippen molar-refractivity contribution in [3.63, 3.8) is 0 Å². The highest BCUT2D eigenvalue weighted by Crippen LogP contribution is 2.16. The summed E-state index contributed by atoms with van der Waals surface area (Å²) in [4.78, 5) is 23.8. The van der Waals surface area contributed by atoms with Gasteiger partial charge < -0.3 is 10.6 Å². The van der Waals surface area contributed by atoms with Crippen molar-refractivity contribution in [1.82, 2.24) is 5.32 Å². The van der Waals surface area contributed by atoms with E-state index in [1.807, 2.05) is 30.3 Å². The van der Waals surface area contributed by atoms with Crippen molar-refractivity contribution in [2.45, 2.75) is 32.2 Å². The number of carbonyl (C=O) groups excluding carboxylic acids is 2. The second kappa shape index (κ2) is 9.65. The van der Waals surface area contributed by atoms with Crippen molar-refractivity contribution < 1.29 is 18.4 Å². The molecule has 2 amide bonds. The molecule has 0 saturated carbocycles. The molecule has 0 aliphatic carbocycles. The Bertz CT molecular complexity index is 751. The Labute approximate surface area is 151 Å². The van der Waals surface area contributed by atoms with Gasteiger partial charge in [-0.1, -0.05) is 36.4 Å². The SMILES string of the molecule is Cc1ccc(F)c(NC(=O)CCC(=O)NC(CF)Cc2ccccc2)c1. The lowest BCUT2D eigenvalue weighted by Gasteiger charge is -2.15. The van der Waals surface area contributed by atoms with Crippen LogP contribution in [0.1, 0.15) is 24.0 Å². The molecule has 2 rings (SSSR count). The van der Waals surface area contributed by atoms with Crippen molar-refractivity contribution in [3.8, 4) is 0 Å². The molecule has 2 N–H and O–H groups in total. The van der Waals surface area contributed by atoms with Crippen LogP contribution >= 0.6 is 0 Å². The molecule has 0 radical (unpaired) electrons. The van der Waals surface area contributed by atoms with Gasteiger partial charge in [0.1, 0.15) is 12.5 Å². The quantitative estimate of drug-likeness (QED) is 0.756. The Morgan fingerprint density at radius 1 is 1.04 bits per heavy atom. The Kier molecular flexibility index (Phi) is 7.26. The molecule has 0 bridgehead atoms. The summed E-state index contributed by atoms with van der Waals surface area (Å²) >= 11 is 0. The summed E-state index contributed by atoms with van der Waals surface area (Å²) < 4.78 is 26.8. The van der Waals surface area contributed by atoms with E-state index in [0.717, 1.165) is 11.1 Å². The summed E-state index contributed by atoms with van der Waals surface area (Å²) in [5.41, 5.74) is 1.82. The average Bonchev–Trinajstić information content (AvgIpc) is 2.63. The van der Waals surface area contributed by atoms with E-state index < -0.39 is 30.3 Å². The molecule has 1 atom stereocenters. The van der Waals surface area contributed by atoms with E-state index in [4.69, 9.17) is 0 Å². The fourth-order valence-corrected chi connectivity index (χ4v) is 2.52. The van der Waals surface area contributed by atoms with Crippen LogP contribution in [0.15, 0.2) is 48.5 Å². The molecular formula is C20H22F2N2O2. The van der Waals surface area contributed by atoms with E-state index in [2.05, 4.69) is 10.6 Å². The number of benzene rings is 2. The fourth-order valence-electron chi connectivity index (χ4n) is 2.52. The van der Waals surface area contributed by atoms with Crippen LogP contribution in [0.3, 0.4) is 0 Å². The van der Waals surface area contributed by atoms with E-state index in [1.54, 1.807) is 13.0 Å². The summed E-state index contributed by atoms with van der Waals surface area (Å²) in [5, 5.41) is 5.03. The van der Waals surface area contributed by atoms with Crippen molar-refractivity contribution in [3.05, 3.63) is 65.5 Å². The third kappa shape index (κ3) is 6.27. The van der Waals surface area contributed by atoms with Crippen LogP contribution in [-0.4, -0.2) is 24.5 Å². The summed E-state index contributed by atoms with van der Waals surface area (Å²) in [5.74, 6) is -1.42. The molecule has 138 valence electrons. The number of hydrogen-bond acceptors (Lipinski definition) is 2. The van der Waals surface area contributed by atoms with Gasteiger partial charge in [0.2, 0.25) is 11.8 Å². The first kappa shape index (κ1) is 19.6. The fraction of sp³-hybridized carbons (Fsp3) is 0.300. The predicted molar refractivity (Wildman–Crippen MR) is 97.1 cm³/mol. The van der Waals surface area contributed by atoms with Crippen LogP contribution in [0, 0.1) is 12.7 Å². The molecule has 2 aromatic carbocycles. The minimum atomic E-state index is -0.693. The highest BCUT2D eigenvalue weighted by molar-refractivity contribution is 5.93. The first-order chi connectivity index (χ1) is 12.5. The normalized spacial score (nSPS) is 11.7. The van der Waals surface area contributed by atoms with Crippen LogP contribution in [-0.2, 0) is 16.0 Å². The molecule has 2 aromatic rings. The standard InChI is InChI=1S/C20H22F2N2O2/c1-14-7-8-17(22)18(11-14)24-20(26)10-9-19(25)23-16(13-21)12-15-5-3-2-4-6-15/h2-8,11,16H,9-10,12-13H2,1H3,(H,23,25)(H,24,26). The van der Waals surface area contributed by atoms with Gasteiger partial charge in [0.25, 0.3) is 0 Å². The Morgan fingerprint density at radius 2 is 1.73 bits per heavy atom. The molecule has 0 heterocycles. The van der Waals surface area contributed by atoms with Gasteiger partial charge in [-0.05, 0) is 36.6 Å². The van der Waals surface area contributed by atoms with Gasteiger partial charge >= 0.3 is 0 Å². The maximum atomic E-state index is 13.6. The second-order valence-electron chi connectivity index (χ2n) is 6.14. The molecule has 0 spiro atoms. The largest absolute Gasteiger partial charge is 0.350 e. The monoisotopic (exact) mass is 360 g/mol. The molecule has 0 aliphatic rings. The Balaban J connectivity index is 1.79. The van der Waals surface area contributed by atoms with Crippen LogP contribution in [0.25, 0.3) is 0 Å². The molecule has 0 aliphatic heterocycles. The number of alkyl halides is 1. The molecule has 26 heavy (non-hydrogen) atoms. The zero-order valence-electron chi connectivity index (χ0n) is 14.6. The molecule has 6 heteroatoms. The molecule has 0 aromatic heterocycles. The van der Waals surface area contributed by atoms with E-state index >= 15 is 0 Å². The van der Waals surface area contributed by atoms with Crippen LogP contribution in [0.4, 0.5) is 14.5 Å². The van der Waals surface area contributed by atoms with Crippen LogP contribution < -0.4 is 10.6 Å². The number of rotatable bonds is 8. The van der Waals surface area contributed by atoms with Gasteiger partial charge in [0, 0.05) is 12.8 Å². The number of halogens is 2. The summed E-state index contributed by atoms with van der Waals surface area (Å²) in [6.07, 6.45) is 0.178. The zero-order valence-corrected chi connectivity index (χ0v) is 14.6. The van der Waals surface area contributed by atoms with Gasteiger partial charge in [-0.15, -0.1) is 0 Å². The zero-order chi connectivity index (χ0) is 18.9. The van der Waals surface area contributed by atoms with Gasteiger partial charge in [0.05, 0.1) is 11.7 Å². The first-order valence-corrected chi connectivity index (χ1v) is 8.43. The van der Waals surface area contributed by atoms with Crippen LogP contribution in [0.2, 0.25) is 0 Å². The van der Waals surface area contributed by atoms with Gasteiger partial charge in [-0.3, -0.25) is 9.59 Å². The Hall–Kier alpha value is -2.76. The van der Waals surface area contributed by atoms with Gasteiger partial charge in [-0.2, -0.15) is 0 Å². The topological polar surface area (TPSA) is 58.2 Å². The molecule has 4 nitrogen and oxygen atoms in total. The van der Waals surface area contributed by atoms with E-state index in [1.165, 1.54) is 12.1 Å². The lowest BCUT2D eigenvalue weighted by Crippen LogP contribution is -2.38. The highest BCUT2D eigenvalue weighted by atomic mass is 19.1. The molecule has 1 unspecified atom stereocenters. The van der Waals surface area contributed by atoms with E-state index in [9.17, 15) is 18.4 Å².